The van der Waals surface area contributed by atoms with Crippen molar-refractivity contribution in [1.29, 1.82) is 0 Å². The third kappa shape index (κ3) is 17.2. The van der Waals surface area contributed by atoms with Crippen molar-refractivity contribution in [3.05, 3.63) is 285 Å². The van der Waals surface area contributed by atoms with Crippen LogP contribution in [0.4, 0.5) is 34.1 Å². The molecule has 4 aromatic heterocycles. The molecule has 14 aromatic carbocycles. The topological polar surface area (TPSA) is 44.7 Å². The second-order valence-corrected chi connectivity index (χ2v) is 36.6. The first-order valence-electron chi connectivity index (χ1n) is 48.7. The first-order chi connectivity index (χ1) is 62.5. The van der Waals surface area contributed by atoms with Crippen LogP contribution in [0, 0.1) is 23.7 Å². The van der Waals surface area contributed by atoms with E-state index in [1.54, 1.807) is 0 Å². The summed E-state index contributed by atoms with van der Waals surface area (Å²) in [7, 11) is 0. The number of benzene rings is 14. The van der Waals surface area contributed by atoms with Gasteiger partial charge >= 0.3 is 0 Å². The van der Waals surface area contributed by atoms with E-state index in [4.69, 9.17) is 9.47 Å². The molecule has 18 rings (SSSR count). The Hall–Kier alpha value is -11.8. The number of rotatable bonds is 40. The Morgan fingerprint density at radius 1 is 0.252 bits per heavy atom. The zero-order valence-corrected chi connectivity index (χ0v) is 77.0. The molecular weight excluding hydrogens is 1550 g/mol. The van der Waals surface area contributed by atoms with Gasteiger partial charge in [0.15, 0.2) is 0 Å². The minimum absolute atomic E-state index is 0.473. The second-order valence-electron chi connectivity index (χ2n) is 36.6. The van der Waals surface area contributed by atoms with Crippen LogP contribution in [0.2, 0.25) is 0 Å². The van der Waals surface area contributed by atoms with E-state index in [0.717, 1.165) is 166 Å². The molecule has 0 aliphatic heterocycles. The van der Waals surface area contributed by atoms with Crippen LogP contribution in [0.1, 0.15) is 190 Å². The zero-order chi connectivity index (χ0) is 87.0. The van der Waals surface area contributed by atoms with Crippen molar-refractivity contribution >= 4 is 143 Å². The Kier molecular flexibility index (Phi) is 26.5. The van der Waals surface area contributed by atoms with Gasteiger partial charge in [0, 0.05) is 160 Å². The molecule has 4 heterocycles. The lowest BCUT2D eigenvalue weighted by atomic mass is 9.87. The summed E-state index contributed by atoms with van der Waals surface area (Å²) in [6.45, 7) is 29.0. The molecule has 648 valence electrons. The normalized spacial score (nSPS) is 13.0. The highest BCUT2D eigenvalue weighted by Gasteiger charge is 2.27. The van der Waals surface area contributed by atoms with Crippen molar-refractivity contribution in [3.63, 3.8) is 0 Å². The molecule has 0 aliphatic rings. The van der Waals surface area contributed by atoms with Crippen LogP contribution in [0.25, 0.3) is 142 Å². The molecule has 0 saturated heterocycles. The molecule has 0 bridgehead atoms. The van der Waals surface area contributed by atoms with Crippen LogP contribution in [0.3, 0.4) is 0 Å². The molecular formula is C119H130N6O2. The average Bonchev–Trinajstić information content (AvgIpc) is 1.16. The Balaban J connectivity index is 0.754. The van der Waals surface area contributed by atoms with Gasteiger partial charge in [0.2, 0.25) is 0 Å². The quantitative estimate of drug-likeness (QED) is 0.0359. The average molecular weight is 1680 g/mol. The number of fused-ring (bicyclic) bond motifs is 14. The van der Waals surface area contributed by atoms with Gasteiger partial charge < -0.3 is 37.5 Å². The van der Waals surface area contributed by atoms with Crippen LogP contribution >= 0.6 is 0 Å². The standard InChI is InChI=1S/C119H130N6O2/c1-11-21-36-83(18-8)78-121-110-48-30-26-44-102(110)106-74-96(57-63-114(106)121)124(95-56-62-113-105(73-95)101-43-25-29-47-109(101)120(113)77-82(17-7)35-15-5)93-41-33-39-86(71-93)88-53-60-99-90(69-88)51-52-92(81-126-67-16-6)118(99)119-100-61-54-89(70-91(100)55-66-117(119)127-68-24-14-4)87-40-34-42-94(72-87)125(97-58-64-115-107(75-97)103-45-27-31-49-111(103)122(115)79-84(19-9)37-22-12-2)98-59-65-116-108(76-98)104-46-28-32-50-112(104)123(116)80-85(20-10)38-23-13-3/h25-34,39-66,69-76,82-85H,11-24,35-38,67-68,77-81H2,1-10H3. The van der Waals surface area contributed by atoms with Crippen LogP contribution in [0.15, 0.2) is 279 Å². The molecule has 0 fully saturated rings. The fourth-order valence-corrected chi connectivity index (χ4v) is 21.2. The second kappa shape index (κ2) is 39.2. The van der Waals surface area contributed by atoms with E-state index in [1.165, 1.54) is 163 Å². The fraction of sp³-hybridized carbons (Fsp3) is 0.328. The van der Waals surface area contributed by atoms with E-state index < -0.39 is 0 Å². The Morgan fingerprint density at radius 3 is 0.969 bits per heavy atom. The number of hydrogen-bond donors (Lipinski definition) is 0. The highest BCUT2D eigenvalue weighted by atomic mass is 16.5. The zero-order valence-electron chi connectivity index (χ0n) is 77.0. The Bertz CT molecular complexity index is 6710. The van der Waals surface area contributed by atoms with E-state index >= 15 is 0 Å². The van der Waals surface area contributed by atoms with Gasteiger partial charge in [-0.3, -0.25) is 0 Å². The van der Waals surface area contributed by atoms with E-state index in [1.807, 2.05) is 0 Å². The van der Waals surface area contributed by atoms with Gasteiger partial charge in [0.05, 0.1) is 13.2 Å². The SMILES string of the molecule is CCCCOc1ccc2cc(-c3cccc(N(c4ccc5c(c4)c4ccccc4n5CC(CC)CCCC)c4ccc5c(c4)c4ccccc4n5CC(CC)CCCC)c3)ccc2c1-c1c(COCCC)ccc2cc(-c3cccc(N(c4ccc5c(c4)c4ccccc4n5CC(CC)CCC)c4ccc5c(c4)c4ccccc4n5CC(CC)CCCC)c3)ccc12. The van der Waals surface area contributed by atoms with Crippen molar-refractivity contribution in [2.75, 3.05) is 23.0 Å². The van der Waals surface area contributed by atoms with E-state index in [-0.39, 0.29) is 0 Å². The smallest absolute Gasteiger partial charge is 0.127 e. The molecule has 0 aliphatic carbocycles. The monoisotopic (exact) mass is 1680 g/mol. The number of unbranched alkanes of at least 4 members (excludes halogenated alkanes) is 4. The summed E-state index contributed by atoms with van der Waals surface area (Å²) < 4.78 is 24.2. The maximum Gasteiger partial charge on any atom is 0.127 e. The number of anilines is 6. The van der Waals surface area contributed by atoms with Gasteiger partial charge in [-0.1, -0.05) is 286 Å². The molecule has 0 N–H and O–H groups in total. The number of aromatic nitrogens is 4. The van der Waals surface area contributed by atoms with E-state index in [0.29, 0.717) is 43.5 Å². The number of nitrogens with zero attached hydrogens (tertiary/aromatic N) is 6. The van der Waals surface area contributed by atoms with Crippen molar-refractivity contribution in [1.82, 2.24) is 18.3 Å². The molecule has 18 aromatic rings. The molecule has 8 heteroatoms. The van der Waals surface area contributed by atoms with Gasteiger partial charge in [0.1, 0.15) is 5.75 Å². The summed E-state index contributed by atoms with van der Waals surface area (Å²) in [5.74, 6) is 3.31. The summed E-state index contributed by atoms with van der Waals surface area (Å²) in [4.78, 5) is 5.06. The minimum Gasteiger partial charge on any atom is -0.493 e. The maximum absolute atomic E-state index is 7.08. The lowest BCUT2D eigenvalue weighted by molar-refractivity contribution is 0.122. The molecule has 4 unspecified atom stereocenters. The summed E-state index contributed by atoms with van der Waals surface area (Å²) in [5, 5.41) is 15.0. The Labute approximate surface area is 753 Å². The predicted molar refractivity (Wildman–Crippen MR) is 548 cm³/mol. The number of ether oxygens (including phenoxy) is 2. The molecule has 0 spiro atoms. The summed E-state index contributed by atoms with van der Waals surface area (Å²) in [5.41, 5.74) is 25.1. The van der Waals surface area contributed by atoms with Crippen molar-refractivity contribution in [3.8, 4) is 39.1 Å². The molecule has 127 heavy (non-hydrogen) atoms. The predicted octanol–water partition coefficient (Wildman–Crippen LogP) is 34.9. The lowest BCUT2D eigenvalue weighted by Gasteiger charge is -2.27. The molecule has 0 radical (unpaired) electrons. The minimum atomic E-state index is 0.473. The summed E-state index contributed by atoms with van der Waals surface area (Å²) in [6, 6.07) is 108. The van der Waals surface area contributed by atoms with Crippen LogP contribution in [0.5, 0.6) is 5.75 Å². The van der Waals surface area contributed by atoms with Crippen molar-refractivity contribution < 1.29 is 9.47 Å². The van der Waals surface area contributed by atoms with Crippen LogP contribution in [-0.4, -0.2) is 31.5 Å². The Morgan fingerprint density at radius 2 is 0.598 bits per heavy atom. The first-order valence-corrected chi connectivity index (χ1v) is 48.7. The van der Waals surface area contributed by atoms with E-state index in [2.05, 4.69) is 376 Å². The third-order valence-electron chi connectivity index (χ3n) is 28.3. The molecule has 0 saturated carbocycles. The molecule has 0 amide bonds. The highest BCUT2D eigenvalue weighted by Crippen LogP contribution is 2.50. The largest absolute Gasteiger partial charge is 0.493 e. The number of para-hydroxylation sites is 4. The molecule has 4 atom stereocenters. The first kappa shape index (κ1) is 85.9. The molecule has 8 nitrogen and oxygen atoms in total. The third-order valence-corrected chi connectivity index (χ3v) is 28.3. The van der Waals surface area contributed by atoms with Gasteiger partial charge in [0.25, 0.3) is 0 Å². The van der Waals surface area contributed by atoms with Gasteiger partial charge in [-0.2, -0.15) is 0 Å². The van der Waals surface area contributed by atoms with Crippen LogP contribution < -0.4 is 14.5 Å². The summed E-state index contributed by atoms with van der Waals surface area (Å²) in [6.07, 6.45) is 21.1. The van der Waals surface area contributed by atoms with E-state index in [9.17, 15) is 0 Å². The van der Waals surface area contributed by atoms with Crippen LogP contribution in [-0.2, 0) is 37.5 Å². The van der Waals surface area contributed by atoms with Gasteiger partial charge in [-0.05, 0) is 257 Å². The van der Waals surface area contributed by atoms with Crippen molar-refractivity contribution in [2.24, 2.45) is 23.7 Å². The van der Waals surface area contributed by atoms with Gasteiger partial charge in [-0.25, -0.2) is 0 Å². The highest BCUT2D eigenvalue weighted by molar-refractivity contribution is 6.15. The number of hydrogen-bond acceptors (Lipinski definition) is 4. The van der Waals surface area contributed by atoms with Gasteiger partial charge in [-0.15, -0.1) is 0 Å². The maximum atomic E-state index is 7.08. The summed E-state index contributed by atoms with van der Waals surface area (Å²) >= 11 is 0. The fourth-order valence-electron chi connectivity index (χ4n) is 21.2. The lowest BCUT2D eigenvalue weighted by Crippen LogP contribution is -2.11. The van der Waals surface area contributed by atoms with Crippen molar-refractivity contribution in [2.45, 2.75) is 218 Å².